The molecule has 3 rings (SSSR count). The van der Waals surface area contributed by atoms with Gasteiger partial charge in [-0.3, -0.25) is 11.7 Å². The van der Waals surface area contributed by atoms with Crippen molar-refractivity contribution < 1.29 is 4.42 Å². The summed E-state index contributed by atoms with van der Waals surface area (Å²) in [6, 6.07) is 16.2. The predicted molar refractivity (Wildman–Crippen MR) is 62.1 cm³/mol. The van der Waals surface area contributed by atoms with E-state index >= 15 is 0 Å². The number of hydrazine groups is 1. The van der Waals surface area contributed by atoms with Gasteiger partial charge in [0.2, 0.25) is 0 Å². The zero-order valence-corrected chi connectivity index (χ0v) is 8.18. The minimum Gasteiger partial charge on any atom is -0.456 e. The lowest BCUT2D eigenvalue weighted by Gasteiger charge is -1.85. The maximum Gasteiger partial charge on any atom is 0.135 e. The number of furan rings is 1. The summed E-state index contributed by atoms with van der Waals surface area (Å²) in [7, 11) is 0. The zero-order valence-electron chi connectivity index (χ0n) is 8.18. The summed E-state index contributed by atoms with van der Waals surface area (Å²) in [5, 5.41) is 2.39. The lowest BCUT2D eigenvalue weighted by atomic mass is 10.2. The Labute approximate surface area is 87.2 Å². The zero-order chi connectivity index (χ0) is 10.7. The van der Waals surface area contributed by atoms with E-state index in [0.29, 0.717) is 0 Å². The average Bonchev–Trinajstić information content (AvgIpc) is 2.70. The van der Waals surface area contributed by atoms with Crippen LogP contribution in [0.25, 0.3) is 21.9 Å². The van der Waals surface area contributed by atoms with Gasteiger partial charge in [0.15, 0.2) is 0 Å². The molecule has 3 aromatic rings. The molecule has 4 N–H and O–H groups in total. The van der Waals surface area contributed by atoms with Gasteiger partial charge in [0.05, 0.1) is 0 Å². The van der Waals surface area contributed by atoms with E-state index in [1.54, 1.807) is 0 Å². The number of hydrogen-bond acceptors (Lipinski definition) is 3. The first-order valence-electron chi connectivity index (χ1n) is 4.65. The highest BCUT2D eigenvalue weighted by Gasteiger charge is 2.03. The first-order valence-corrected chi connectivity index (χ1v) is 4.65. The smallest absolute Gasteiger partial charge is 0.135 e. The van der Waals surface area contributed by atoms with Crippen LogP contribution >= 0.6 is 0 Å². The van der Waals surface area contributed by atoms with Gasteiger partial charge in [0.25, 0.3) is 0 Å². The molecule has 0 aliphatic carbocycles. The van der Waals surface area contributed by atoms with E-state index in [9.17, 15) is 0 Å². The molecule has 1 heterocycles. The lowest BCUT2D eigenvalue weighted by Crippen LogP contribution is -2.02. The van der Waals surface area contributed by atoms with E-state index in [2.05, 4.69) is 23.8 Å². The molecule has 0 fully saturated rings. The van der Waals surface area contributed by atoms with Crippen LogP contribution in [0.3, 0.4) is 0 Å². The molecule has 1 aromatic heterocycles. The first-order chi connectivity index (χ1) is 7.45. The third-order valence-electron chi connectivity index (χ3n) is 2.28. The Hall–Kier alpha value is -1.84. The van der Waals surface area contributed by atoms with Gasteiger partial charge < -0.3 is 4.42 Å². The molecule has 0 aliphatic heterocycles. The highest BCUT2D eigenvalue weighted by Crippen LogP contribution is 2.27. The van der Waals surface area contributed by atoms with Crippen LogP contribution in [0.5, 0.6) is 0 Å². The van der Waals surface area contributed by atoms with Crippen molar-refractivity contribution in [3.8, 4) is 0 Å². The second-order valence-electron chi connectivity index (χ2n) is 3.09. The molecule has 0 amide bonds. The van der Waals surface area contributed by atoms with Crippen molar-refractivity contribution in [2.75, 3.05) is 0 Å². The molecular weight excluding hydrogens is 188 g/mol. The minimum atomic E-state index is 0.962. The summed E-state index contributed by atoms with van der Waals surface area (Å²) < 4.78 is 5.65. The van der Waals surface area contributed by atoms with Crippen LogP contribution in [-0.2, 0) is 0 Å². The average molecular weight is 200 g/mol. The van der Waals surface area contributed by atoms with Crippen molar-refractivity contribution in [2.45, 2.75) is 0 Å². The molecule has 0 saturated carbocycles. The highest BCUT2D eigenvalue weighted by molar-refractivity contribution is 6.04. The van der Waals surface area contributed by atoms with E-state index in [0.717, 1.165) is 11.2 Å². The van der Waals surface area contributed by atoms with Crippen LogP contribution in [0.15, 0.2) is 52.9 Å². The normalized spacial score (nSPS) is 10.0. The number of nitrogens with two attached hydrogens (primary N) is 2. The molecule has 0 bridgehead atoms. The number of para-hydroxylation sites is 2. The summed E-state index contributed by atoms with van der Waals surface area (Å²) in [5.41, 5.74) is 1.92. The van der Waals surface area contributed by atoms with Gasteiger partial charge in [0.1, 0.15) is 11.2 Å². The van der Waals surface area contributed by atoms with Gasteiger partial charge >= 0.3 is 0 Å². The second-order valence-corrected chi connectivity index (χ2v) is 3.09. The summed E-state index contributed by atoms with van der Waals surface area (Å²) in [6.45, 7) is 0. The number of fused-ring (bicyclic) bond motifs is 3. The van der Waals surface area contributed by atoms with E-state index in [-0.39, 0.29) is 0 Å². The standard InChI is InChI=1S/C12H8O.H4N2/c1-3-7-11-9(5-1)10-6-2-4-8-12(10)13-11;1-2/h1-8H;1-2H2. The molecule has 15 heavy (non-hydrogen) atoms. The Kier molecular flexibility index (Phi) is 2.67. The Morgan fingerprint density at radius 3 is 1.53 bits per heavy atom. The minimum absolute atomic E-state index is 0.962. The Morgan fingerprint density at radius 1 is 0.667 bits per heavy atom. The first kappa shape index (κ1) is 9.71. The molecule has 0 radical (unpaired) electrons. The lowest BCUT2D eigenvalue weighted by molar-refractivity contribution is 0.669. The quantitative estimate of drug-likeness (QED) is 0.432. The molecule has 2 aromatic carbocycles. The topological polar surface area (TPSA) is 65.2 Å². The maximum atomic E-state index is 5.65. The fourth-order valence-electron chi connectivity index (χ4n) is 1.67. The van der Waals surface area contributed by atoms with E-state index in [4.69, 9.17) is 4.42 Å². The number of rotatable bonds is 0. The van der Waals surface area contributed by atoms with Crippen molar-refractivity contribution >= 4 is 21.9 Å². The van der Waals surface area contributed by atoms with E-state index in [1.165, 1.54) is 10.8 Å². The molecule has 0 spiro atoms. The molecular formula is C12H12N2O. The van der Waals surface area contributed by atoms with Crippen molar-refractivity contribution in [1.29, 1.82) is 0 Å². The number of benzene rings is 2. The Balaban J connectivity index is 0.000000404. The Bertz CT molecular complexity index is 521. The summed E-state index contributed by atoms with van der Waals surface area (Å²) in [6.07, 6.45) is 0. The molecule has 3 nitrogen and oxygen atoms in total. The van der Waals surface area contributed by atoms with Crippen LogP contribution < -0.4 is 11.7 Å². The third-order valence-corrected chi connectivity index (χ3v) is 2.28. The van der Waals surface area contributed by atoms with Crippen molar-refractivity contribution in [3.63, 3.8) is 0 Å². The SMILES string of the molecule is NN.c1ccc2c(c1)oc1ccccc12. The van der Waals surface area contributed by atoms with Gasteiger partial charge in [-0.25, -0.2) is 0 Å². The van der Waals surface area contributed by atoms with Crippen molar-refractivity contribution in [1.82, 2.24) is 0 Å². The third kappa shape index (κ3) is 1.58. The molecule has 0 aliphatic rings. The van der Waals surface area contributed by atoms with Gasteiger partial charge in [0, 0.05) is 10.8 Å². The van der Waals surface area contributed by atoms with Crippen molar-refractivity contribution in [3.05, 3.63) is 48.5 Å². The van der Waals surface area contributed by atoms with Crippen LogP contribution in [0, 0.1) is 0 Å². The highest BCUT2D eigenvalue weighted by atomic mass is 16.3. The van der Waals surface area contributed by atoms with Gasteiger partial charge in [-0.05, 0) is 12.1 Å². The Morgan fingerprint density at radius 2 is 1.07 bits per heavy atom. The number of hydrogen-bond donors (Lipinski definition) is 2. The molecule has 0 atom stereocenters. The second kappa shape index (κ2) is 4.13. The fraction of sp³-hybridized carbons (Fsp3) is 0. The monoisotopic (exact) mass is 200 g/mol. The molecule has 0 saturated heterocycles. The summed E-state index contributed by atoms with van der Waals surface area (Å²) in [5.74, 6) is 8.00. The van der Waals surface area contributed by atoms with E-state index in [1.807, 2.05) is 36.4 Å². The molecule has 0 unspecified atom stereocenters. The summed E-state index contributed by atoms with van der Waals surface area (Å²) >= 11 is 0. The summed E-state index contributed by atoms with van der Waals surface area (Å²) in [4.78, 5) is 0. The van der Waals surface area contributed by atoms with Gasteiger partial charge in [-0.15, -0.1) is 0 Å². The van der Waals surface area contributed by atoms with Crippen LogP contribution in [0.1, 0.15) is 0 Å². The molecule has 3 heteroatoms. The van der Waals surface area contributed by atoms with Crippen LogP contribution in [-0.4, -0.2) is 0 Å². The largest absolute Gasteiger partial charge is 0.456 e. The van der Waals surface area contributed by atoms with Crippen molar-refractivity contribution in [2.24, 2.45) is 11.7 Å². The fourth-order valence-corrected chi connectivity index (χ4v) is 1.67. The van der Waals surface area contributed by atoms with Crippen LogP contribution in [0.4, 0.5) is 0 Å². The maximum absolute atomic E-state index is 5.65. The van der Waals surface area contributed by atoms with E-state index < -0.39 is 0 Å². The predicted octanol–water partition coefficient (Wildman–Crippen LogP) is 2.40. The van der Waals surface area contributed by atoms with Gasteiger partial charge in [-0.2, -0.15) is 0 Å². The van der Waals surface area contributed by atoms with Gasteiger partial charge in [-0.1, -0.05) is 36.4 Å². The van der Waals surface area contributed by atoms with Crippen LogP contribution in [0.2, 0.25) is 0 Å². The molecule has 76 valence electrons.